The van der Waals surface area contributed by atoms with Crippen molar-refractivity contribution in [2.45, 2.75) is 26.2 Å². The van der Waals surface area contributed by atoms with Crippen LogP contribution in [-0.2, 0) is 0 Å². The predicted octanol–water partition coefficient (Wildman–Crippen LogP) is 2.41. The Morgan fingerprint density at radius 3 is 2.81 bits per heavy atom. The van der Waals surface area contributed by atoms with Crippen molar-refractivity contribution in [2.75, 3.05) is 39.3 Å². The molecule has 0 unspecified atom stereocenters. The van der Waals surface area contributed by atoms with E-state index in [1.807, 2.05) is 17.0 Å². The molecule has 0 aromatic heterocycles. The molecule has 1 fully saturated rings. The number of piperazine rings is 1. The van der Waals surface area contributed by atoms with Crippen LogP contribution in [0.1, 0.15) is 36.5 Å². The van der Waals surface area contributed by atoms with Crippen LogP contribution in [0.5, 0.6) is 5.75 Å². The summed E-state index contributed by atoms with van der Waals surface area (Å²) >= 11 is 5.39. The molecule has 1 saturated heterocycles. The Labute approximate surface area is 160 Å². The van der Waals surface area contributed by atoms with Gasteiger partial charge in [0.05, 0.1) is 12.7 Å². The van der Waals surface area contributed by atoms with Crippen LogP contribution in [0.15, 0.2) is 24.3 Å². The third-order valence-electron chi connectivity index (χ3n) is 4.28. The van der Waals surface area contributed by atoms with E-state index in [9.17, 15) is 4.79 Å². The van der Waals surface area contributed by atoms with Crippen LogP contribution in [0.2, 0.25) is 0 Å². The van der Waals surface area contributed by atoms with E-state index in [2.05, 4.69) is 23.2 Å². The summed E-state index contributed by atoms with van der Waals surface area (Å²) in [4.78, 5) is 16.7. The fraction of sp³-hybridized carbons (Fsp3) is 0.526. The molecule has 1 aliphatic heterocycles. The van der Waals surface area contributed by atoms with Crippen LogP contribution in [0.25, 0.3) is 0 Å². The predicted molar refractivity (Wildman–Crippen MR) is 105 cm³/mol. The number of unbranched alkanes of at least 4 members (excludes halogenated alkanes) is 1. The summed E-state index contributed by atoms with van der Waals surface area (Å²) in [5, 5.41) is 11.9. The van der Waals surface area contributed by atoms with E-state index in [1.54, 1.807) is 12.1 Å². The molecule has 1 aromatic rings. The molecule has 0 bridgehead atoms. The van der Waals surface area contributed by atoms with Gasteiger partial charge in [0.2, 0.25) is 0 Å². The number of thiocarbonyl (C=S) groups is 1. The molecular formula is C19H26N4O2S. The summed E-state index contributed by atoms with van der Waals surface area (Å²) < 4.78 is 5.65. The number of ether oxygens (including phenoxy) is 1. The largest absolute Gasteiger partial charge is 0.494 e. The summed E-state index contributed by atoms with van der Waals surface area (Å²) in [5.74, 6) is 0.478. The van der Waals surface area contributed by atoms with E-state index in [0.29, 0.717) is 29.5 Å². The van der Waals surface area contributed by atoms with Gasteiger partial charge in [0, 0.05) is 44.7 Å². The second-order valence-electron chi connectivity index (χ2n) is 6.23. The van der Waals surface area contributed by atoms with Crippen molar-refractivity contribution >= 4 is 23.2 Å². The topological polar surface area (TPSA) is 68.6 Å². The van der Waals surface area contributed by atoms with Gasteiger partial charge in [-0.15, -0.1) is 0 Å². The second-order valence-corrected chi connectivity index (χ2v) is 6.61. The quantitative estimate of drug-likeness (QED) is 0.584. The Kier molecular flexibility index (Phi) is 8.32. The van der Waals surface area contributed by atoms with Gasteiger partial charge in [-0.05, 0) is 36.8 Å². The van der Waals surface area contributed by atoms with Crippen LogP contribution in [-0.4, -0.2) is 60.2 Å². The maximum absolute atomic E-state index is 12.5. The lowest BCUT2D eigenvalue weighted by Crippen LogP contribution is -2.52. The molecule has 6 nitrogen and oxygen atoms in total. The van der Waals surface area contributed by atoms with Gasteiger partial charge >= 0.3 is 0 Å². The molecule has 0 aliphatic carbocycles. The molecule has 0 spiro atoms. The van der Waals surface area contributed by atoms with E-state index in [1.165, 1.54) is 0 Å². The van der Waals surface area contributed by atoms with E-state index < -0.39 is 0 Å². The van der Waals surface area contributed by atoms with Gasteiger partial charge in [0.25, 0.3) is 5.91 Å². The van der Waals surface area contributed by atoms with Crippen LogP contribution < -0.4 is 10.1 Å². The average molecular weight is 375 g/mol. The number of carbonyl (C=O) groups is 1. The molecule has 1 aromatic carbocycles. The van der Waals surface area contributed by atoms with E-state index in [-0.39, 0.29) is 5.91 Å². The average Bonchev–Trinajstić information content (AvgIpc) is 2.67. The van der Waals surface area contributed by atoms with Crippen molar-refractivity contribution in [1.29, 1.82) is 5.26 Å². The zero-order valence-corrected chi connectivity index (χ0v) is 16.1. The highest BCUT2D eigenvalue weighted by atomic mass is 32.1. The first-order valence-corrected chi connectivity index (χ1v) is 9.47. The van der Waals surface area contributed by atoms with Gasteiger partial charge in [0.15, 0.2) is 5.11 Å². The smallest absolute Gasteiger partial charge is 0.257 e. The van der Waals surface area contributed by atoms with E-state index >= 15 is 0 Å². The highest BCUT2D eigenvalue weighted by molar-refractivity contribution is 7.80. The lowest BCUT2D eigenvalue weighted by atomic mass is 10.2. The Morgan fingerprint density at radius 1 is 1.35 bits per heavy atom. The van der Waals surface area contributed by atoms with Crippen molar-refractivity contribution in [3.05, 3.63) is 29.8 Å². The number of nitriles is 1. The molecule has 26 heavy (non-hydrogen) atoms. The maximum Gasteiger partial charge on any atom is 0.257 e. The Morgan fingerprint density at radius 2 is 2.12 bits per heavy atom. The van der Waals surface area contributed by atoms with Crippen LogP contribution in [0.4, 0.5) is 0 Å². The fourth-order valence-corrected chi connectivity index (χ4v) is 2.97. The molecule has 1 aliphatic rings. The second kappa shape index (κ2) is 10.7. The van der Waals surface area contributed by atoms with E-state index in [4.69, 9.17) is 22.2 Å². The number of hydrogen-bond donors (Lipinski definition) is 1. The van der Waals surface area contributed by atoms with Crippen molar-refractivity contribution in [2.24, 2.45) is 0 Å². The molecule has 1 N–H and O–H groups in total. The van der Waals surface area contributed by atoms with Gasteiger partial charge in [-0.25, -0.2) is 0 Å². The Hall–Kier alpha value is -2.17. The molecule has 2 rings (SSSR count). The number of hydrogen-bond acceptors (Lipinski definition) is 5. The number of amides is 1. The normalized spacial score (nSPS) is 14.5. The molecule has 0 radical (unpaired) electrons. The highest BCUT2D eigenvalue weighted by Gasteiger charge is 2.20. The monoisotopic (exact) mass is 374 g/mol. The molecule has 0 saturated carbocycles. The number of nitrogens with one attached hydrogen (secondary N) is 1. The van der Waals surface area contributed by atoms with Gasteiger partial charge in [0.1, 0.15) is 5.75 Å². The maximum atomic E-state index is 12.5. The zero-order chi connectivity index (χ0) is 18.8. The lowest BCUT2D eigenvalue weighted by molar-refractivity contribution is 0.0969. The van der Waals surface area contributed by atoms with Crippen LogP contribution in [0, 0.1) is 11.3 Å². The fourth-order valence-electron chi connectivity index (χ4n) is 2.69. The minimum Gasteiger partial charge on any atom is -0.494 e. The minimum absolute atomic E-state index is 0.220. The first-order valence-electron chi connectivity index (χ1n) is 9.06. The molecule has 7 heteroatoms. The van der Waals surface area contributed by atoms with Crippen molar-refractivity contribution in [3.63, 3.8) is 0 Å². The highest BCUT2D eigenvalue weighted by Crippen LogP contribution is 2.14. The van der Waals surface area contributed by atoms with Gasteiger partial charge in [-0.2, -0.15) is 5.26 Å². The number of rotatable bonds is 7. The summed E-state index contributed by atoms with van der Waals surface area (Å²) in [6.07, 6.45) is 2.59. The Balaban J connectivity index is 1.83. The first kappa shape index (κ1) is 20.1. The van der Waals surface area contributed by atoms with Gasteiger partial charge < -0.3 is 9.64 Å². The summed E-state index contributed by atoms with van der Waals surface area (Å²) in [6, 6.07) is 9.33. The first-order chi connectivity index (χ1) is 12.6. The number of nitrogens with zero attached hydrogens (tertiary/aromatic N) is 3. The number of benzene rings is 1. The van der Waals surface area contributed by atoms with Crippen LogP contribution >= 0.6 is 12.2 Å². The minimum atomic E-state index is -0.220. The van der Waals surface area contributed by atoms with Crippen molar-refractivity contribution < 1.29 is 9.53 Å². The summed E-state index contributed by atoms with van der Waals surface area (Å²) in [5.41, 5.74) is 0.536. The molecule has 1 amide bonds. The summed E-state index contributed by atoms with van der Waals surface area (Å²) in [7, 11) is 0. The van der Waals surface area contributed by atoms with Gasteiger partial charge in [-0.3, -0.25) is 15.0 Å². The third kappa shape index (κ3) is 6.28. The molecule has 1 heterocycles. The zero-order valence-electron chi connectivity index (χ0n) is 15.2. The van der Waals surface area contributed by atoms with Crippen LogP contribution in [0.3, 0.4) is 0 Å². The third-order valence-corrected chi connectivity index (χ3v) is 4.64. The molecule has 140 valence electrons. The molecule has 0 atom stereocenters. The number of carbonyl (C=O) groups excluding carboxylic acids is 1. The van der Waals surface area contributed by atoms with Crippen molar-refractivity contribution in [3.8, 4) is 11.8 Å². The molecular weight excluding hydrogens is 348 g/mol. The van der Waals surface area contributed by atoms with Gasteiger partial charge in [-0.1, -0.05) is 19.4 Å². The van der Waals surface area contributed by atoms with Crippen molar-refractivity contribution in [1.82, 2.24) is 15.1 Å². The standard InChI is InChI=1S/C19H26N4O2S/c1-2-3-14-25-17-7-4-6-16(15-17)18(24)21-19(26)23-12-10-22(11-13-23)9-5-8-20/h4,6-7,15H,2-3,5,9-14H2,1H3,(H,21,24,26). The van der Waals surface area contributed by atoms with E-state index in [0.717, 1.165) is 45.6 Å². The lowest BCUT2D eigenvalue weighted by Gasteiger charge is -2.35. The summed E-state index contributed by atoms with van der Waals surface area (Å²) in [6.45, 7) is 6.74. The SMILES string of the molecule is CCCCOc1cccc(C(=O)NC(=S)N2CCN(CCC#N)CC2)c1. The Bertz CT molecular complexity index is 651.